The Labute approximate surface area is 139 Å². The van der Waals surface area contributed by atoms with E-state index < -0.39 is 12.1 Å². The number of Topliss-reactive ketones (excluding diaryl/α,β-unsaturated/α-hetero) is 2. The highest BCUT2D eigenvalue weighted by atomic mass is 16.5. The van der Waals surface area contributed by atoms with Gasteiger partial charge in [0.25, 0.3) is 0 Å². The summed E-state index contributed by atoms with van der Waals surface area (Å²) in [5.74, 6) is 0.0406. The third-order valence-corrected chi connectivity index (χ3v) is 3.70. The maximum atomic E-state index is 12.0. The number of benzene rings is 1. The summed E-state index contributed by atoms with van der Waals surface area (Å²) in [5, 5.41) is 10.5. The van der Waals surface area contributed by atoms with Gasteiger partial charge >= 0.3 is 0 Å². The highest BCUT2D eigenvalue weighted by Crippen LogP contribution is 2.31. The average Bonchev–Trinajstić information content (AvgIpc) is 2.96. The first-order valence-corrected chi connectivity index (χ1v) is 7.61. The van der Waals surface area contributed by atoms with Crippen LogP contribution in [0.1, 0.15) is 41.2 Å². The summed E-state index contributed by atoms with van der Waals surface area (Å²) in [7, 11) is 0. The second-order valence-corrected chi connectivity index (χ2v) is 5.64. The molecule has 0 aliphatic rings. The Balaban J connectivity index is 2.33. The summed E-state index contributed by atoms with van der Waals surface area (Å²) in [4.78, 5) is 23.5. The zero-order chi connectivity index (χ0) is 17.9. The number of aliphatic hydroxyl groups excluding tert-OH is 1. The van der Waals surface area contributed by atoms with Gasteiger partial charge in [-0.1, -0.05) is 6.08 Å². The second-order valence-electron chi connectivity index (χ2n) is 5.64. The minimum atomic E-state index is -0.893. The number of carbonyl (C=O) groups is 2. The first-order chi connectivity index (χ1) is 11.3. The number of fused-ring (bicyclic) bond motifs is 1. The van der Waals surface area contributed by atoms with Crippen molar-refractivity contribution in [1.29, 1.82) is 0 Å². The molecule has 0 saturated heterocycles. The van der Waals surface area contributed by atoms with Crippen molar-refractivity contribution in [2.24, 2.45) is 5.73 Å². The predicted octanol–water partition coefficient (Wildman–Crippen LogP) is 2.48. The molecule has 2 aromatic rings. The fourth-order valence-electron chi connectivity index (χ4n) is 2.40. The molecule has 0 spiro atoms. The van der Waals surface area contributed by atoms with Crippen molar-refractivity contribution in [2.75, 3.05) is 6.61 Å². The highest BCUT2D eigenvalue weighted by Gasteiger charge is 2.20. The normalized spacial score (nSPS) is 13.5. The van der Waals surface area contributed by atoms with Crippen molar-refractivity contribution in [2.45, 2.75) is 32.4 Å². The number of carbonyl (C=O) groups excluding carboxylic acids is 2. The third kappa shape index (κ3) is 3.72. The van der Waals surface area contributed by atoms with Crippen LogP contribution in [0.25, 0.3) is 11.0 Å². The number of ketones is 2. The number of rotatable bonds is 8. The largest absolute Gasteiger partial charge is 0.490 e. The fraction of sp³-hybridized carbons (Fsp3) is 0.333. The molecule has 0 aliphatic carbocycles. The van der Waals surface area contributed by atoms with E-state index in [1.807, 2.05) is 0 Å². The van der Waals surface area contributed by atoms with Crippen LogP contribution in [0.2, 0.25) is 0 Å². The van der Waals surface area contributed by atoms with Crippen molar-refractivity contribution in [3.8, 4) is 5.75 Å². The molecule has 6 nitrogen and oxygen atoms in total. The topological polar surface area (TPSA) is 103 Å². The van der Waals surface area contributed by atoms with Crippen LogP contribution in [0.3, 0.4) is 0 Å². The van der Waals surface area contributed by atoms with Crippen LogP contribution >= 0.6 is 0 Å². The van der Waals surface area contributed by atoms with E-state index in [-0.39, 0.29) is 23.9 Å². The Hall–Kier alpha value is -2.44. The van der Waals surface area contributed by atoms with Crippen LogP contribution in [0.5, 0.6) is 5.75 Å². The standard InChI is InChI=1S/C18H21NO5/c1-4-5-13(19)14(22)9-23-16-7-6-15-12(18(16)11(3)21)8-17(24-15)10(2)20/h4,6-8,13-14,22H,1,5,9,19H2,2-3H3. The van der Waals surface area contributed by atoms with E-state index in [1.54, 1.807) is 18.2 Å². The number of hydrogen-bond acceptors (Lipinski definition) is 6. The van der Waals surface area contributed by atoms with Gasteiger partial charge in [-0.3, -0.25) is 9.59 Å². The molecule has 128 valence electrons. The first-order valence-electron chi connectivity index (χ1n) is 7.61. The molecular formula is C18H21NO5. The van der Waals surface area contributed by atoms with E-state index in [4.69, 9.17) is 14.9 Å². The van der Waals surface area contributed by atoms with Crippen LogP contribution in [0.4, 0.5) is 0 Å². The number of nitrogens with two attached hydrogens (primary N) is 1. The van der Waals surface area contributed by atoms with Crippen molar-refractivity contribution < 1.29 is 23.8 Å². The molecule has 2 unspecified atom stereocenters. The SMILES string of the molecule is C=CCC(N)C(O)COc1ccc2oc(C(C)=O)cc2c1C(C)=O. The highest BCUT2D eigenvalue weighted by molar-refractivity contribution is 6.10. The molecule has 0 saturated carbocycles. The number of hydrogen-bond donors (Lipinski definition) is 2. The zero-order valence-corrected chi connectivity index (χ0v) is 13.7. The Morgan fingerprint density at radius 1 is 1.38 bits per heavy atom. The van der Waals surface area contributed by atoms with Gasteiger partial charge in [0.05, 0.1) is 5.56 Å². The van der Waals surface area contributed by atoms with E-state index in [0.717, 1.165) is 0 Å². The lowest BCUT2D eigenvalue weighted by molar-refractivity contribution is 0.0842. The quantitative estimate of drug-likeness (QED) is 0.569. The van der Waals surface area contributed by atoms with Crippen LogP contribution in [-0.2, 0) is 0 Å². The van der Waals surface area contributed by atoms with Crippen LogP contribution in [-0.4, -0.2) is 35.4 Å². The number of ether oxygens (including phenoxy) is 1. The van der Waals surface area contributed by atoms with Gasteiger partial charge in [-0.05, 0) is 31.5 Å². The smallest absolute Gasteiger partial charge is 0.194 e. The molecule has 3 N–H and O–H groups in total. The van der Waals surface area contributed by atoms with Crippen molar-refractivity contribution in [3.05, 3.63) is 42.2 Å². The van der Waals surface area contributed by atoms with E-state index in [0.29, 0.717) is 28.7 Å². The molecule has 0 fully saturated rings. The van der Waals surface area contributed by atoms with Gasteiger partial charge in [0, 0.05) is 18.4 Å². The Morgan fingerprint density at radius 2 is 2.08 bits per heavy atom. The molecule has 1 heterocycles. The van der Waals surface area contributed by atoms with Crippen LogP contribution in [0, 0.1) is 0 Å². The second kappa shape index (κ2) is 7.42. The predicted molar refractivity (Wildman–Crippen MR) is 90.5 cm³/mol. The van der Waals surface area contributed by atoms with E-state index in [9.17, 15) is 14.7 Å². The summed E-state index contributed by atoms with van der Waals surface area (Å²) in [6.07, 6.45) is 1.18. The molecular weight excluding hydrogens is 310 g/mol. The van der Waals surface area contributed by atoms with Crippen molar-refractivity contribution >= 4 is 22.5 Å². The van der Waals surface area contributed by atoms with E-state index in [1.165, 1.54) is 19.9 Å². The number of furan rings is 1. The molecule has 6 heteroatoms. The van der Waals surface area contributed by atoms with Gasteiger partial charge in [0.2, 0.25) is 0 Å². The molecule has 0 amide bonds. The van der Waals surface area contributed by atoms with Crippen LogP contribution < -0.4 is 10.5 Å². The van der Waals surface area contributed by atoms with Crippen molar-refractivity contribution in [1.82, 2.24) is 0 Å². The molecule has 2 rings (SSSR count). The van der Waals surface area contributed by atoms with E-state index in [2.05, 4.69) is 6.58 Å². The van der Waals surface area contributed by atoms with Gasteiger partial charge in [-0.25, -0.2) is 0 Å². The van der Waals surface area contributed by atoms with Crippen molar-refractivity contribution in [3.63, 3.8) is 0 Å². The lowest BCUT2D eigenvalue weighted by atomic mass is 10.0. The summed E-state index contributed by atoms with van der Waals surface area (Å²) >= 11 is 0. The molecule has 1 aromatic carbocycles. The van der Waals surface area contributed by atoms with Gasteiger partial charge in [0.1, 0.15) is 24.0 Å². The summed E-state index contributed by atoms with van der Waals surface area (Å²) in [6, 6.07) is 4.24. The summed E-state index contributed by atoms with van der Waals surface area (Å²) in [5.41, 5.74) is 6.54. The zero-order valence-electron chi connectivity index (χ0n) is 13.7. The van der Waals surface area contributed by atoms with Gasteiger partial charge in [-0.15, -0.1) is 6.58 Å². The minimum absolute atomic E-state index is 0.0573. The third-order valence-electron chi connectivity index (χ3n) is 3.70. The van der Waals surface area contributed by atoms with E-state index >= 15 is 0 Å². The lowest BCUT2D eigenvalue weighted by Gasteiger charge is -2.19. The molecule has 0 radical (unpaired) electrons. The maximum Gasteiger partial charge on any atom is 0.194 e. The Bertz CT molecular complexity index is 777. The lowest BCUT2D eigenvalue weighted by Crippen LogP contribution is -2.38. The molecule has 24 heavy (non-hydrogen) atoms. The first kappa shape index (κ1) is 17.9. The Kier molecular flexibility index (Phi) is 5.54. The maximum absolute atomic E-state index is 12.0. The van der Waals surface area contributed by atoms with Gasteiger partial charge in [-0.2, -0.15) is 0 Å². The summed E-state index contributed by atoms with van der Waals surface area (Å²) in [6.45, 7) is 6.31. The molecule has 0 bridgehead atoms. The fourth-order valence-corrected chi connectivity index (χ4v) is 2.40. The summed E-state index contributed by atoms with van der Waals surface area (Å²) < 4.78 is 11.0. The molecule has 0 aliphatic heterocycles. The van der Waals surface area contributed by atoms with Crippen LogP contribution in [0.15, 0.2) is 35.3 Å². The average molecular weight is 331 g/mol. The Morgan fingerprint density at radius 3 is 2.67 bits per heavy atom. The van der Waals surface area contributed by atoms with Gasteiger partial charge in [0.15, 0.2) is 17.3 Å². The minimum Gasteiger partial charge on any atom is -0.490 e. The number of aliphatic hydroxyl groups is 1. The van der Waals surface area contributed by atoms with Gasteiger partial charge < -0.3 is 20.0 Å². The molecule has 2 atom stereocenters. The molecule has 1 aromatic heterocycles. The monoisotopic (exact) mass is 331 g/mol.